The summed E-state index contributed by atoms with van der Waals surface area (Å²) in [5.41, 5.74) is 9.35. The molecule has 0 heterocycles. The zero-order valence-corrected chi connectivity index (χ0v) is 7.74. The predicted molar refractivity (Wildman–Crippen MR) is 48.6 cm³/mol. The van der Waals surface area contributed by atoms with Crippen LogP contribution >= 0.6 is 0 Å². The molecule has 0 aromatic carbocycles. The van der Waals surface area contributed by atoms with Crippen molar-refractivity contribution in [2.24, 2.45) is 23.3 Å². The minimum atomic E-state index is -1.05. The monoisotopic (exact) mass is 186 g/mol. The van der Waals surface area contributed by atoms with Gasteiger partial charge in [-0.25, -0.2) is 0 Å². The quantitative estimate of drug-likeness (QED) is 0.422. The smallest absolute Gasteiger partial charge is 0.116 e. The van der Waals surface area contributed by atoms with E-state index in [1.165, 1.54) is 0 Å². The Kier molecular flexibility index (Phi) is 1.93. The lowest BCUT2D eigenvalue weighted by molar-refractivity contribution is -0.196. The van der Waals surface area contributed by atoms with E-state index in [0.29, 0.717) is 6.42 Å². The molecule has 76 valence electrons. The molecule has 2 saturated carbocycles. The van der Waals surface area contributed by atoms with Crippen LogP contribution in [0.25, 0.3) is 0 Å². The third kappa shape index (κ3) is 1.21. The largest absolute Gasteiger partial charge is 0.388 e. The maximum atomic E-state index is 9.95. The second kappa shape index (κ2) is 2.67. The third-order valence-electron chi connectivity index (χ3n) is 3.92. The Labute approximate surface area is 77.9 Å². The Morgan fingerprint density at radius 1 is 1.15 bits per heavy atom. The Hall–Kier alpha value is -0.160. The van der Waals surface area contributed by atoms with E-state index in [-0.39, 0.29) is 18.4 Å². The molecule has 2 fully saturated rings. The van der Waals surface area contributed by atoms with Crippen molar-refractivity contribution in [2.45, 2.75) is 37.0 Å². The fourth-order valence-electron chi connectivity index (χ4n) is 2.63. The minimum Gasteiger partial charge on any atom is -0.388 e. The molecule has 0 radical (unpaired) electrons. The molecular formula is C9H18N2O2. The van der Waals surface area contributed by atoms with Crippen LogP contribution in [-0.4, -0.2) is 28.1 Å². The molecule has 0 bridgehead atoms. The Morgan fingerprint density at radius 2 is 1.77 bits per heavy atom. The van der Waals surface area contributed by atoms with Gasteiger partial charge >= 0.3 is 0 Å². The summed E-state index contributed by atoms with van der Waals surface area (Å²) in [4.78, 5) is 0. The highest BCUT2D eigenvalue weighted by molar-refractivity contribution is 5.07. The summed E-state index contributed by atoms with van der Waals surface area (Å²) in [6, 6.07) is 0. The number of hydrogen-bond acceptors (Lipinski definition) is 4. The lowest BCUT2D eigenvalue weighted by atomic mass is 9.55. The first-order chi connectivity index (χ1) is 5.99. The molecule has 2 aliphatic carbocycles. The van der Waals surface area contributed by atoms with E-state index in [2.05, 4.69) is 0 Å². The van der Waals surface area contributed by atoms with Gasteiger partial charge in [0, 0.05) is 12.5 Å². The number of aliphatic hydroxyl groups is 2. The van der Waals surface area contributed by atoms with E-state index in [4.69, 9.17) is 11.5 Å². The molecule has 0 saturated heterocycles. The maximum Gasteiger partial charge on any atom is 0.116 e. The van der Waals surface area contributed by atoms with Crippen LogP contribution in [0.5, 0.6) is 0 Å². The first-order valence-corrected chi connectivity index (χ1v) is 4.93. The van der Waals surface area contributed by atoms with Crippen LogP contribution in [0, 0.1) is 11.8 Å². The van der Waals surface area contributed by atoms with E-state index in [9.17, 15) is 10.2 Å². The Balaban J connectivity index is 2.03. The van der Waals surface area contributed by atoms with Gasteiger partial charge in [0.15, 0.2) is 0 Å². The molecule has 0 aromatic rings. The van der Waals surface area contributed by atoms with Gasteiger partial charge in [-0.1, -0.05) is 0 Å². The number of rotatable bonds is 2. The zero-order valence-electron chi connectivity index (χ0n) is 7.74. The molecule has 2 aliphatic rings. The highest BCUT2D eigenvalue weighted by Crippen LogP contribution is 2.52. The van der Waals surface area contributed by atoms with E-state index >= 15 is 0 Å². The normalized spacial score (nSPS) is 55.4. The molecule has 4 unspecified atom stereocenters. The molecule has 0 aromatic heterocycles. The van der Waals surface area contributed by atoms with Crippen molar-refractivity contribution < 1.29 is 10.2 Å². The van der Waals surface area contributed by atoms with Crippen molar-refractivity contribution in [3.05, 3.63) is 0 Å². The van der Waals surface area contributed by atoms with Gasteiger partial charge in [-0.15, -0.1) is 0 Å². The highest BCUT2D eigenvalue weighted by atomic mass is 16.3. The molecular weight excluding hydrogens is 168 g/mol. The molecule has 0 spiro atoms. The topological polar surface area (TPSA) is 92.5 Å². The summed E-state index contributed by atoms with van der Waals surface area (Å²) in [6.45, 7) is 0.282. The molecule has 0 amide bonds. The average molecular weight is 186 g/mol. The highest BCUT2D eigenvalue weighted by Gasteiger charge is 2.56. The summed E-state index contributed by atoms with van der Waals surface area (Å²) in [7, 11) is 0. The number of nitrogens with two attached hydrogens (primary N) is 2. The minimum absolute atomic E-state index is 0.0507. The van der Waals surface area contributed by atoms with Crippen molar-refractivity contribution in [2.75, 3.05) is 6.54 Å². The lowest BCUT2D eigenvalue weighted by Crippen LogP contribution is -2.66. The first-order valence-electron chi connectivity index (χ1n) is 4.93. The van der Waals surface area contributed by atoms with Gasteiger partial charge in [0.05, 0.1) is 5.60 Å². The third-order valence-corrected chi connectivity index (χ3v) is 3.92. The van der Waals surface area contributed by atoms with Gasteiger partial charge in [0.2, 0.25) is 0 Å². The van der Waals surface area contributed by atoms with Gasteiger partial charge in [0.25, 0.3) is 0 Å². The lowest BCUT2D eigenvalue weighted by Gasteiger charge is -2.56. The molecule has 4 nitrogen and oxygen atoms in total. The molecule has 0 aliphatic heterocycles. The van der Waals surface area contributed by atoms with E-state index in [1.54, 1.807) is 0 Å². The van der Waals surface area contributed by atoms with Gasteiger partial charge < -0.3 is 21.7 Å². The molecule has 13 heavy (non-hydrogen) atoms. The average Bonchev–Trinajstić information content (AvgIpc) is 2.09. The van der Waals surface area contributed by atoms with Gasteiger partial charge in [-0.05, 0) is 31.6 Å². The van der Waals surface area contributed by atoms with Crippen molar-refractivity contribution >= 4 is 0 Å². The number of hydrogen-bond donors (Lipinski definition) is 4. The predicted octanol–water partition coefficient (Wildman–Crippen LogP) is -0.857. The molecule has 4 heteroatoms. The van der Waals surface area contributed by atoms with Gasteiger partial charge in [-0.2, -0.15) is 0 Å². The summed E-state index contributed by atoms with van der Waals surface area (Å²) in [5, 5.41) is 19.6. The SMILES string of the molecule is NCC1(O)CCC1C1CCC1(N)O. The Bertz CT molecular complexity index is 216. The van der Waals surface area contributed by atoms with Crippen LogP contribution < -0.4 is 11.5 Å². The van der Waals surface area contributed by atoms with Crippen molar-refractivity contribution in [3.8, 4) is 0 Å². The van der Waals surface area contributed by atoms with Crippen LogP contribution in [0.15, 0.2) is 0 Å². The van der Waals surface area contributed by atoms with E-state index < -0.39 is 11.3 Å². The summed E-state index contributed by atoms with van der Waals surface area (Å²) in [5.74, 6) is 0.163. The Morgan fingerprint density at radius 3 is 2.00 bits per heavy atom. The van der Waals surface area contributed by atoms with Crippen LogP contribution in [0.4, 0.5) is 0 Å². The second-order valence-electron chi connectivity index (χ2n) is 4.59. The van der Waals surface area contributed by atoms with Crippen LogP contribution in [0.3, 0.4) is 0 Å². The van der Waals surface area contributed by atoms with Crippen molar-refractivity contribution in [1.29, 1.82) is 0 Å². The fraction of sp³-hybridized carbons (Fsp3) is 1.00. The van der Waals surface area contributed by atoms with Crippen LogP contribution in [0.1, 0.15) is 25.7 Å². The molecule has 4 atom stereocenters. The second-order valence-corrected chi connectivity index (χ2v) is 4.59. The summed E-state index contributed by atoms with van der Waals surface area (Å²) >= 11 is 0. The summed E-state index contributed by atoms with van der Waals surface area (Å²) < 4.78 is 0. The molecule has 6 N–H and O–H groups in total. The van der Waals surface area contributed by atoms with Gasteiger partial charge in [-0.3, -0.25) is 0 Å². The fourth-order valence-corrected chi connectivity index (χ4v) is 2.63. The van der Waals surface area contributed by atoms with E-state index in [0.717, 1.165) is 19.3 Å². The zero-order chi connectivity index (χ0) is 9.69. The maximum absolute atomic E-state index is 9.95. The molecule has 2 rings (SSSR count). The van der Waals surface area contributed by atoms with Crippen molar-refractivity contribution in [1.82, 2.24) is 0 Å². The van der Waals surface area contributed by atoms with Gasteiger partial charge in [0.1, 0.15) is 5.72 Å². The van der Waals surface area contributed by atoms with E-state index in [1.807, 2.05) is 0 Å². The standard InChI is InChI=1S/C9H18N2O2/c10-5-8(12)3-1-6(8)7-2-4-9(7,11)13/h6-7,12-13H,1-5,10-11H2. The summed E-state index contributed by atoms with van der Waals surface area (Å²) in [6.07, 6.45) is 3.26. The first kappa shape index (κ1) is 9.40. The van der Waals surface area contributed by atoms with Crippen LogP contribution in [0.2, 0.25) is 0 Å². The van der Waals surface area contributed by atoms with Crippen LogP contribution in [-0.2, 0) is 0 Å². The van der Waals surface area contributed by atoms with Crippen molar-refractivity contribution in [3.63, 3.8) is 0 Å².